The van der Waals surface area contributed by atoms with Gasteiger partial charge >= 0.3 is 0 Å². The minimum atomic E-state index is -0.444. The summed E-state index contributed by atoms with van der Waals surface area (Å²) in [7, 11) is 1.48. The number of carbonyl (C=O) groups is 1. The Morgan fingerprint density at radius 2 is 2.29 bits per heavy atom. The molecule has 0 aliphatic heterocycles. The summed E-state index contributed by atoms with van der Waals surface area (Å²) in [6, 6.07) is 4.63. The minimum absolute atomic E-state index is 0.111. The number of ether oxygens (including phenoxy) is 1. The number of aryl methyl sites for hydroxylation is 1. The third kappa shape index (κ3) is 4.13. The molecule has 17 heavy (non-hydrogen) atoms. The zero-order valence-corrected chi connectivity index (χ0v) is 10.00. The number of hydrogen-bond acceptors (Lipinski definition) is 3. The minimum Gasteiger partial charge on any atom is -0.380 e. The van der Waals surface area contributed by atoms with Gasteiger partial charge in [0, 0.05) is 13.7 Å². The van der Waals surface area contributed by atoms with Gasteiger partial charge in [0.05, 0.1) is 18.2 Å². The molecule has 0 heterocycles. The molecule has 1 aromatic rings. The first kappa shape index (κ1) is 13.6. The van der Waals surface area contributed by atoms with E-state index >= 15 is 0 Å². The van der Waals surface area contributed by atoms with Gasteiger partial charge in [0.1, 0.15) is 5.82 Å². The van der Waals surface area contributed by atoms with Crippen LogP contribution >= 0.6 is 0 Å². The summed E-state index contributed by atoms with van der Waals surface area (Å²) in [6.45, 7) is 2.03. The van der Waals surface area contributed by atoms with Crippen molar-refractivity contribution < 1.29 is 13.9 Å². The van der Waals surface area contributed by atoms with Crippen LogP contribution in [0.15, 0.2) is 18.2 Å². The monoisotopic (exact) mass is 240 g/mol. The van der Waals surface area contributed by atoms with Crippen molar-refractivity contribution in [3.63, 3.8) is 0 Å². The molecule has 0 saturated heterocycles. The van der Waals surface area contributed by atoms with E-state index in [9.17, 15) is 9.18 Å². The molecule has 1 amide bonds. The van der Waals surface area contributed by atoms with Crippen LogP contribution in [0.5, 0.6) is 0 Å². The molecule has 0 fully saturated rings. The smallest absolute Gasteiger partial charge is 0.227 e. The molecule has 0 aliphatic carbocycles. The number of rotatable bonds is 5. The highest BCUT2D eigenvalue weighted by atomic mass is 19.1. The van der Waals surface area contributed by atoms with E-state index in [2.05, 4.69) is 5.32 Å². The average Bonchev–Trinajstić information content (AvgIpc) is 2.29. The van der Waals surface area contributed by atoms with Crippen LogP contribution in [0.25, 0.3) is 0 Å². The summed E-state index contributed by atoms with van der Waals surface area (Å²) in [6.07, 6.45) is -0.233. The van der Waals surface area contributed by atoms with Crippen LogP contribution in [0, 0.1) is 12.7 Å². The molecule has 0 radical (unpaired) electrons. The number of amides is 1. The second kappa shape index (κ2) is 6.32. The van der Waals surface area contributed by atoms with Gasteiger partial charge in [-0.05, 0) is 24.6 Å². The van der Waals surface area contributed by atoms with Crippen LogP contribution in [0.4, 0.5) is 10.1 Å². The molecule has 3 N–H and O–H groups in total. The lowest BCUT2D eigenvalue weighted by molar-refractivity contribution is -0.118. The SMILES string of the molecule is COC(CN)CC(=O)Nc1ccc(C)cc1F. The van der Waals surface area contributed by atoms with Crippen LogP contribution in [-0.4, -0.2) is 25.7 Å². The Labute approximate surface area is 100.0 Å². The maximum Gasteiger partial charge on any atom is 0.227 e. The Balaban J connectivity index is 2.62. The lowest BCUT2D eigenvalue weighted by atomic mass is 10.2. The molecule has 5 heteroatoms. The number of nitrogens with one attached hydrogen (secondary N) is 1. The Kier molecular flexibility index (Phi) is 5.06. The molecule has 1 atom stereocenters. The van der Waals surface area contributed by atoms with Gasteiger partial charge in [0.2, 0.25) is 5.91 Å². The maximum atomic E-state index is 13.4. The first-order valence-electron chi connectivity index (χ1n) is 5.35. The Bertz CT molecular complexity index is 392. The van der Waals surface area contributed by atoms with Crippen LogP contribution in [0.1, 0.15) is 12.0 Å². The number of methoxy groups -OCH3 is 1. The molecular weight excluding hydrogens is 223 g/mol. The summed E-state index contributed by atoms with van der Waals surface area (Å²) >= 11 is 0. The number of nitrogens with two attached hydrogens (primary N) is 1. The number of hydrogen-bond donors (Lipinski definition) is 2. The molecule has 0 bridgehead atoms. The van der Waals surface area contributed by atoms with Gasteiger partial charge in [0.25, 0.3) is 0 Å². The topological polar surface area (TPSA) is 64.3 Å². The highest BCUT2D eigenvalue weighted by Crippen LogP contribution is 2.15. The molecule has 0 saturated carbocycles. The number of carbonyl (C=O) groups excluding carboxylic acids is 1. The predicted octanol–water partition coefficient (Wildman–Crippen LogP) is 1.44. The van der Waals surface area contributed by atoms with Crippen LogP contribution in [0.3, 0.4) is 0 Å². The third-order valence-corrected chi connectivity index (χ3v) is 2.41. The largest absolute Gasteiger partial charge is 0.380 e. The lowest BCUT2D eigenvalue weighted by Gasteiger charge is -2.13. The Morgan fingerprint density at radius 3 is 2.82 bits per heavy atom. The maximum absolute atomic E-state index is 13.4. The molecule has 0 spiro atoms. The highest BCUT2D eigenvalue weighted by molar-refractivity contribution is 5.91. The standard InChI is InChI=1S/C12H17FN2O2/c1-8-3-4-11(10(13)5-8)15-12(16)6-9(7-14)17-2/h3-5,9H,6-7,14H2,1-2H3,(H,15,16). The quantitative estimate of drug-likeness (QED) is 0.818. The second-order valence-corrected chi connectivity index (χ2v) is 3.83. The molecule has 1 rings (SSSR count). The van der Waals surface area contributed by atoms with Crippen molar-refractivity contribution in [1.82, 2.24) is 0 Å². The fourth-order valence-electron chi connectivity index (χ4n) is 1.39. The lowest BCUT2D eigenvalue weighted by Crippen LogP contribution is -2.28. The van der Waals surface area contributed by atoms with Gasteiger partial charge in [-0.15, -0.1) is 0 Å². The fraction of sp³-hybridized carbons (Fsp3) is 0.417. The van der Waals surface area contributed by atoms with Crippen LogP contribution < -0.4 is 11.1 Å². The van der Waals surface area contributed by atoms with Gasteiger partial charge in [-0.1, -0.05) is 6.07 Å². The zero-order valence-electron chi connectivity index (χ0n) is 10.00. The van der Waals surface area contributed by atoms with E-state index in [1.807, 2.05) is 0 Å². The highest BCUT2D eigenvalue weighted by Gasteiger charge is 2.13. The molecule has 4 nitrogen and oxygen atoms in total. The summed E-state index contributed by atoms with van der Waals surface area (Å²) in [5.41, 5.74) is 6.37. The van der Waals surface area contributed by atoms with Gasteiger partial charge in [-0.25, -0.2) is 4.39 Å². The van der Waals surface area contributed by atoms with E-state index in [4.69, 9.17) is 10.5 Å². The normalized spacial score (nSPS) is 12.2. The first-order valence-corrected chi connectivity index (χ1v) is 5.35. The third-order valence-electron chi connectivity index (χ3n) is 2.41. The van der Waals surface area contributed by atoms with E-state index in [0.29, 0.717) is 0 Å². The zero-order chi connectivity index (χ0) is 12.8. The van der Waals surface area contributed by atoms with Crippen molar-refractivity contribution in [2.45, 2.75) is 19.4 Å². The van der Waals surface area contributed by atoms with E-state index < -0.39 is 5.82 Å². The van der Waals surface area contributed by atoms with Crippen LogP contribution in [-0.2, 0) is 9.53 Å². The Hall–Kier alpha value is -1.46. The van der Waals surface area contributed by atoms with E-state index in [1.165, 1.54) is 19.2 Å². The van der Waals surface area contributed by atoms with Crippen molar-refractivity contribution in [1.29, 1.82) is 0 Å². The number of benzene rings is 1. The van der Waals surface area contributed by atoms with Gasteiger partial charge in [-0.3, -0.25) is 4.79 Å². The second-order valence-electron chi connectivity index (χ2n) is 3.83. The summed E-state index contributed by atoms with van der Waals surface area (Å²) in [5, 5.41) is 2.49. The van der Waals surface area contributed by atoms with E-state index in [0.717, 1.165) is 5.56 Å². The fourth-order valence-corrected chi connectivity index (χ4v) is 1.39. The van der Waals surface area contributed by atoms with Gasteiger partial charge in [0.15, 0.2) is 0 Å². The number of halogens is 1. The Morgan fingerprint density at radius 1 is 1.59 bits per heavy atom. The van der Waals surface area contributed by atoms with Crippen molar-refractivity contribution in [2.75, 3.05) is 19.0 Å². The molecule has 0 aliphatic rings. The van der Waals surface area contributed by atoms with Gasteiger partial charge in [-0.2, -0.15) is 0 Å². The summed E-state index contributed by atoms with van der Waals surface area (Å²) in [5.74, 6) is -0.759. The first-order chi connectivity index (χ1) is 8.06. The van der Waals surface area contributed by atoms with Gasteiger partial charge < -0.3 is 15.8 Å². The van der Waals surface area contributed by atoms with E-state index in [1.54, 1.807) is 13.0 Å². The predicted molar refractivity (Wildman–Crippen MR) is 64.2 cm³/mol. The van der Waals surface area contributed by atoms with Crippen molar-refractivity contribution in [2.24, 2.45) is 5.73 Å². The van der Waals surface area contributed by atoms with E-state index in [-0.39, 0.29) is 30.7 Å². The molecule has 94 valence electrons. The summed E-state index contributed by atoms with van der Waals surface area (Å²) in [4.78, 5) is 11.6. The summed E-state index contributed by atoms with van der Waals surface area (Å²) < 4.78 is 18.4. The van der Waals surface area contributed by atoms with Crippen molar-refractivity contribution >= 4 is 11.6 Å². The molecule has 0 aromatic heterocycles. The molecule has 1 unspecified atom stereocenters. The van der Waals surface area contributed by atoms with Crippen LogP contribution in [0.2, 0.25) is 0 Å². The van der Waals surface area contributed by atoms with Crippen molar-refractivity contribution in [3.05, 3.63) is 29.6 Å². The number of anilines is 1. The molecule has 1 aromatic carbocycles. The molecular formula is C12H17FN2O2. The average molecular weight is 240 g/mol. The van der Waals surface area contributed by atoms with Crippen molar-refractivity contribution in [3.8, 4) is 0 Å².